The standard InChI is InChI=1S/C5H8N2/c1-2-7-5-3-4-6/h2-6H,1H3. The molecule has 0 amide bonds. The van der Waals surface area contributed by atoms with Gasteiger partial charge in [0.1, 0.15) is 0 Å². The highest BCUT2D eigenvalue weighted by Crippen LogP contribution is 1.66. The van der Waals surface area contributed by atoms with Crippen molar-refractivity contribution in [2.75, 3.05) is 0 Å². The fraction of sp³-hybridized carbons (Fsp3) is 0.200. The summed E-state index contributed by atoms with van der Waals surface area (Å²) in [6.45, 7) is 1.83. The van der Waals surface area contributed by atoms with Gasteiger partial charge in [0.05, 0.1) is 0 Å². The van der Waals surface area contributed by atoms with Gasteiger partial charge in [-0.3, -0.25) is 4.99 Å². The SMILES string of the molecule is CC=NC=CC=N. The molecule has 0 heterocycles. The molecular formula is C5H8N2. The molecule has 38 valence electrons. The summed E-state index contributed by atoms with van der Waals surface area (Å²) in [5.74, 6) is 0. The molecule has 2 heteroatoms. The maximum Gasteiger partial charge on any atom is 0.0278 e. The van der Waals surface area contributed by atoms with E-state index < -0.39 is 0 Å². The van der Waals surface area contributed by atoms with Crippen molar-refractivity contribution in [3.8, 4) is 0 Å². The van der Waals surface area contributed by atoms with Crippen LogP contribution in [0.5, 0.6) is 0 Å². The molecule has 0 atom stereocenters. The average molecular weight is 96.1 g/mol. The molecule has 0 radical (unpaired) electrons. The zero-order chi connectivity index (χ0) is 5.54. The highest BCUT2D eigenvalue weighted by Gasteiger charge is 1.53. The van der Waals surface area contributed by atoms with E-state index in [0.29, 0.717) is 0 Å². The Morgan fingerprint density at radius 2 is 2.29 bits per heavy atom. The number of aliphatic imine (C=N–C) groups is 1. The summed E-state index contributed by atoms with van der Waals surface area (Å²) in [7, 11) is 0. The van der Waals surface area contributed by atoms with Crippen molar-refractivity contribution in [1.82, 2.24) is 0 Å². The molecule has 2 nitrogen and oxygen atoms in total. The molecule has 0 aromatic heterocycles. The lowest BCUT2D eigenvalue weighted by molar-refractivity contribution is 1.55. The third-order valence-electron chi connectivity index (χ3n) is 0.417. The van der Waals surface area contributed by atoms with Crippen molar-refractivity contribution in [3.63, 3.8) is 0 Å². The van der Waals surface area contributed by atoms with Crippen LogP contribution in [0.25, 0.3) is 0 Å². The van der Waals surface area contributed by atoms with E-state index in [0.717, 1.165) is 0 Å². The summed E-state index contributed by atoms with van der Waals surface area (Å²) in [5, 5.41) is 6.50. The molecule has 0 rings (SSSR count). The van der Waals surface area contributed by atoms with Crippen molar-refractivity contribution in [1.29, 1.82) is 5.41 Å². The monoisotopic (exact) mass is 96.1 g/mol. The Morgan fingerprint density at radius 1 is 1.57 bits per heavy atom. The first-order valence-electron chi connectivity index (χ1n) is 2.05. The molecular weight excluding hydrogens is 88.1 g/mol. The summed E-state index contributed by atoms with van der Waals surface area (Å²) in [6, 6.07) is 0. The average Bonchev–Trinajstić information content (AvgIpc) is 1.69. The molecule has 0 unspecified atom stereocenters. The minimum Gasteiger partial charge on any atom is -0.309 e. The number of nitrogens with one attached hydrogen (secondary N) is 1. The van der Waals surface area contributed by atoms with Gasteiger partial charge in [-0.1, -0.05) is 0 Å². The van der Waals surface area contributed by atoms with E-state index in [-0.39, 0.29) is 0 Å². The first kappa shape index (κ1) is 6.08. The lowest BCUT2D eigenvalue weighted by Gasteiger charge is -1.65. The molecule has 0 aliphatic heterocycles. The van der Waals surface area contributed by atoms with Gasteiger partial charge in [0.2, 0.25) is 0 Å². The Balaban J connectivity index is 3.27. The molecule has 1 N–H and O–H groups in total. The molecule has 0 saturated carbocycles. The molecule has 0 aromatic carbocycles. The summed E-state index contributed by atoms with van der Waals surface area (Å²) in [4.78, 5) is 3.70. The normalized spacial score (nSPS) is 11.0. The predicted molar refractivity (Wildman–Crippen MR) is 32.1 cm³/mol. The Labute approximate surface area is 43.1 Å². The van der Waals surface area contributed by atoms with Crippen LogP contribution >= 0.6 is 0 Å². The van der Waals surface area contributed by atoms with Gasteiger partial charge in [-0.2, -0.15) is 0 Å². The van der Waals surface area contributed by atoms with Crippen molar-refractivity contribution in [3.05, 3.63) is 12.3 Å². The molecule has 0 aliphatic rings. The van der Waals surface area contributed by atoms with Gasteiger partial charge in [0.25, 0.3) is 0 Å². The van der Waals surface area contributed by atoms with E-state index in [1.165, 1.54) is 6.21 Å². The van der Waals surface area contributed by atoms with Crippen molar-refractivity contribution in [2.24, 2.45) is 4.99 Å². The van der Waals surface area contributed by atoms with Gasteiger partial charge in [-0.25, -0.2) is 0 Å². The van der Waals surface area contributed by atoms with Gasteiger partial charge >= 0.3 is 0 Å². The summed E-state index contributed by atoms with van der Waals surface area (Å²) < 4.78 is 0. The topological polar surface area (TPSA) is 36.2 Å². The highest BCUT2D eigenvalue weighted by molar-refractivity contribution is 5.68. The molecule has 0 fully saturated rings. The summed E-state index contributed by atoms with van der Waals surface area (Å²) in [5.41, 5.74) is 0. The molecule has 0 bridgehead atoms. The van der Waals surface area contributed by atoms with Crippen LogP contribution in [0.15, 0.2) is 17.3 Å². The fourth-order valence-electron chi connectivity index (χ4n) is 0.179. The van der Waals surface area contributed by atoms with E-state index in [2.05, 4.69) is 4.99 Å². The van der Waals surface area contributed by atoms with Crippen LogP contribution in [0.4, 0.5) is 0 Å². The second-order valence-corrected chi connectivity index (χ2v) is 0.915. The minimum absolute atomic E-state index is 1.19. The van der Waals surface area contributed by atoms with E-state index in [9.17, 15) is 0 Å². The van der Waals surface area contributed by atoms with Crippen LogP contribution < -0.4 is 0 Å². The Kier molecular flexibility index (Phi) is 4.41. The van der Waals surface area contributed by atoms with Crippen LogP contribution in [0.1, 0.15) is 6.92 Å². The maximum absolute atomic E-state index is 6.50. The predicted octanol–water partition coefficient (Wildman–Crippen LogP) is 1.24. The Bertz CT molecular complexity index is 92.3. The van der Waals surface area contributed by atoms with Crippen LogP contribution in [-0.2, 0) is 0 Å². The van der Waals surface area contributed by atoms with E-state index in [1.807, 2.05) is 6.92 Å². The third kappa shape index (κ3) is 5.08. The van der Waals surface area contributed by atoms with E-state index >= 15 is 0 Å². The second kappa shape index (κ2) is 5.08. The third-order valence-corrected chi connectivity index (χ3v) is 0.417. The first-order valence-corrected chi connectivity index (χ1v) is 2.05. The molecule has 0 aliphatic carbocycles. The number of nitrogens with zero attached hydrogens (tertiary/aromatic N) is 1. The first-order chi connectivity index (χ1) is 3.41. The van der Waals surface area contributed by atoms with Gasteiger partial charge in [-0.05, 0) is 13.0 Å². The fourth-order valence-corrected chi connectivity index (χ4v) is 0.179. The van der Waals surface area contributed by atoms with Gasteiger partial charge < -0.3 is 5.41 Å². The quantitative estimate of drug-likeness (QED) is 0.502. The molecule has 7 heavy (non-hydrogen) atoms. The van der Waals surface area contributed by atoms with Crippen LogP contribution in [0.3, 0.4) is 0 Å². The summed E-state index contributed by atoms with van der Waals surface area (Å²) in [6.07, 6.45) is 5.97. The van der Waals surface area contributed by atoms with Crippen molar-refractivity contribution >= 4 is 12.4 Å². The van der Waals surface area contributed by atoms with E-state index in [1.54, 1.807) is 18.5 Å². The maximum atomic E-state index is 6.50. The zero-order valence-corrected chi connectivity index (χ0v) is 4.26. The smallest absolute Gasteiger partial charge is 0.0278 e. The van der Waals surface area contributed by atoms with Gasteiger partial charge in [0.15, 0.2) is 0 Å². The van der Waals surface area contributed by atoms with Crippen LogP contribution in [-0.4, -0.2) is 12.4 Å². The lowest BCUT2D eigenvalue weighted by Crippen LogP contribution is -1.56. The number of hydrogen-bond acceptors (Lipinski definition) is 2. The van der Waals surface area contributed by atoms with Gasteiger partial charge in [-0.15, -0.1) is 0 Å². The van der Waals surface area contributed by atoms with Crippen LogP contribution in [0.2, 0.25) is 0 Å². The Hall–Kier alpha value is -0.920. The van der Waals surface area contributed by atoms with Crippen molar-refractivity contribution in [2.45, 2.75) is 6.92 Å². The van der Waals surface area contributed by atoms with Crippen molar-refractivity contribution < 1.29 is 0 Å². The lowest BCUT2D eigenvalue weighted by atomic mass is 10.7. The van der Waals surface area contributed by atoms with Gasteiger partial charge in [0, 0.05) is 18.6 Å². The Morgan fingerprint density at radius 3 is 2.71 bits per heavy atom. The minimum atomic E-state index is 1.19. The molecule has 0 spiro atoms. The second-order valence-electron chi connectivity index (χ2n) is 0.915. The number of hydrogen-bond donors (Lipinski definition) is 1. The van der Waals surface area contributed by atoms with Crippen LogP contribution in [0, 0.1) is 5.41 Å². The molecule has 0 aromatic rings. The number of rotatable bonds is 2. The summed E-state index contributed by atoms with van der Waals surface area (Å²) >= 11 is 0. The molecule has 0 saturated heterocycles. The zero-order valence-electron chi connectivity index (χ0n) is 4.26. The van der Waals surface area contributed by atoms with E-state index in [4.69, 9.17) is 5.41 Å². The largest absolute Gasteiger partial charge is 0.309 e. The highest BCUT2D eigenvalue weighted by atomic mass is 14.6. The number of allylic oxidation sites excluding steroid dienone is 1.